The Balaban J connectivity index is 1.62. The number of H-pyrrole nitrogens is 1. The zero-order valence-corrected chi connectivity index (χ0v) is 16.0. The Labute approximate surface area is 169 Å². The zero-order valence-electron chi connectivity index (χ0n) is 16.0. The Morgan fingerprint density at radius 2 is 2.10 bits per heavy atom. The van der Waals surface area contributed by atoms with E-state index in [1.807, 2.05) is 12.1 Å². The number of rotatable bonds is 5. The van der Waals surface area contributed by atoms with Gasteiger partial charge < -0.3 is 0 Å². The molecule has 0 atom stereocenters. The molecule has 5 rings (SSSR count). The number of hydrogen-bond acceptors (Lipinski definition) is 6. The van der Waals surface area contributed by atoms with Crippen LogP contribution in [0.25, 0.3) is 11.0 Å². The second kappa shape index (κ2) is 6.66. The first-order valence-electron chi connectivity index (χ1n) is 9.47. The third-order valence-electron chi connectivity index (χ3n) is 5.40. The third-order valence-corrected chi connectivity index (χ3v) is 5.40. The Hall–Kier alpha value is -3.74. The van der Waals surface area contributed by atoms with Gasteiger partial charge in [0.25, 0.3) is 0 Å². The highest BCUT2D eigenvalue weighted by Crippen LogP contribution is 2.42. The number of aromatic nitrogens is 7. The highest BCUT2D eigenvalue weighted by atomic mass is 19.3. The second-order valence-electron chi connectivity index (χ2n) is 7.39. The van der Waals surface area contributed by atoms with Crippen molar-refractivity contribution in [1.82, 2.24) is 35.4 Å². The monoisotopic (exact) mass is 406 g/mol. The molecule has 1 saturated carbocycles. The molecule has 10 heteroatoms. The minimum atomic E-state index is -3.48. The molecule has 1 aliphatic carbocycles. The van der Waals surface area contributed by atoms with E-state index in [4.69, 9.17) is 0 Å². The molecule has 0 unspecified atom stereocenters. The fraction of sp³-hybridized carbons (Fsp3) is 0.300. The molecule has 30 heavy (non-hydrogen) atoms. The van der Waals surface area contributed by atoms with Crippen LogP contribution in [-0.4, -0.2) is 35.4 Å². The van der Waals surface area contributed by atoms with Gasteiger partial charge in [0.1, 0.15) is 5.69 Å². The topological polar surface area (TPSA) is 109 Å². The summed E-state index contributed by atoms with van der Waals surface area (Å²) < 4.78 is 31.2. The number of nitrogens with one attached hydrogen (secondary N) is 1. The molecule has 150 valence electrons. The van der Waals surface area contributed by atoms with Gasteiger partial charge in [-0.2, -0.15) is 19.1 Å². The molecule has 1 aromatic carbocycles. The van der Waals surface area contributed by atoms with Crippen molar-refractivity contribution in [3.05, 3.63) is 64.2 Å². The number of aromatic amines is 1. The van der Waals surface area contributed by atoms with Crippen LogP contribution in [0.3, 0.4) is 0 Å². The molecule has 3 heterocycles. The van der Waals surface area contributed by atoms with E-state index in [0.717, 1.165) is 24.0 Å². The average Bonchev–Trinajstić information content (AvgIpc) is 3.33. The summed E-state index contributed by atoms with van der Waals surface area (Å²) in [5, 5.41) is 26.7. The van der Waals surface area contributed by atoms with Crippen molar-refractivity contribution in [3.63, 3.8) is 0 Å². The van der Waals surface area contributed by atoms with Gasteiger partial charge in [0.15, 0.2) is 5.65 Å². The van der Waals surface area contributed by atoms with E-state index in [2.05, 4.69) is 36.8 Å². The van der Waals surface area contributed by atoms with Crippen LogP contribution in [0.15, 0.2) is 30.3 Å². The predicted octanol–water partition coefficient (Wildman–Crippen LogP) is 3.19. The van der Waals surface area contributed by atoms with Crippen molar-refractivity contribution in [2.45, 2.75) is 38.2 Å². The van der Waals surface area contributed by atoms with Crippen molar-refractivity contribution in [1.29, 1.82) is 5.26 Å². The molecule has 3 aromatic heterocycles. The fourth-order valence-electron chi connectivity index (χ4n) is 3.72. The highest BCUT2D eigenvalue weighted by molar-refractivity contribution is 5.78. The number of pyridine rings is 1. The lowest BCUT2D eigenvalue weighted by atomic mass is 9.98. The van der Waals surface area contributed by atoms with Gasteiger partial charge in [-0.05, 0) is 65.4 Å². The van der Waals surface area contributed by atoms with E-state index in [1.165, 1.54) is 6.07 Å². The van der Waals surface area contributed by atoms with Crippen molar-refractivity contribution in [3.8, 4) is 6.07 Å². The number of hydrogen-bond donors (Lipinski definition) is 1. The van der Waals surface area contributed by atoms with Gasteiger partial charge in [-0.25, -0.2) is 14.8 Å². The summed E-state index contributed by atoms with van der Waals surface area (Å²) in [6.07, 6.45) is 2.17. The molecule has 1 fully saturated rings. The highest BCUT2D eigenvalue weighted by Gasteiger charge is 2.40. The van der Waals surface area contributed by atoms with Gasteiger partial charge in [-0.1, -0.05) is 12.1 Å². The van der Waals surface area contributed by atoms with E-state index in [1.54, 1.807) is 23.7 Å². The summed E-state index contributed by atoms with van der Waals surface area (Å²) in [7, 11) is 0. The summed E-state index contributed by atoms with van der Waals surface area (Å²) in [5.74, 6) is -3.73. The van der Waals surface area contributed by atoms with E-state index in [9.17, 15) is 14.0 Å². The summed E-state index contributed by atoms with van der Waals surface area (Å²) >= 11 is 0. The Bertz CT molecular complexity index is 1280. The van der Waals surface area contributed by atoms with Crippen molar-refractivity contribution < 1.29 is 8.78 Å². The summed E-state index contributed by atoms with van der Waals surface area (Å²) in [4.78, 5) is 4.22. The molecule has 1 aliphatic rings. The standard InChI is InChI=1S/C20H16F2N8/c1-11-14-7-8-17(20(21,22)19-25-28-29-26-19)24-18(14)30(27-11)10-16-13(9-23)3-2-4-15(16)12-5-6-12/h2-4,7-8,12H,5-6,10H2,1H3,(H,25,26,28,29). The molecule has 0 aliphatic heterocycles. The Morgan fingerprint density at radius 3 is 2.80 bits per heavy atom. The van der Waals surface area contributed by atoms with Crippen LogP contribution in [0.1, 0.15) is 52.7 Å². The molecule has 0 amide bonds. The Kier molecular flexibility index (Phi) is 4.06. The van der Waals surface area contributed by atoms with E-state index in [-0.39, 0.29) is 6.54 Å². The largest absolute Gasteiger partial charge is 0.349 e. The van der Waals surface area contributed by atoms with Crippen LogP contribution in [0.2, 0.25) is 0 Å². The van der Waals surface area contributed by atoms with E-state index >= 15 is 0 Å². The van der Waals surface area contributed by atoms with E-state index < -0.39 is 17.4 Å². The number of benzene rings is 1. The van der Waals surface area contributed by atoms with Crippen molar-refractivity contribution in [2.24, 2.45) is 0 Å². The van der Waals surface area contributed by atoms with Crippen LogP contribution >= 0.6 is 0 Å². The molecule has 0 bridgehead atoms. The number of tetrazole rings is 1. The van der Waals surface area contributed by atoms with Crippen LogP contribution in [0.5, 0.6) is 0 Å². The van der Waals surface area contributed by atoms with Gasteiger partial charge >= 0.3 is 5.92 Å². The molecule has 0 radical (unpaired) electrons. The van der Waals surface area contributed by atoms with Gasteiger partial charge in [0.05, 0.1) is 23.9 Å². The van der Waals surface area contributed by atoms with Crippen LogP contribution in [0, 0.1) is 18.3 Å². The van der Waals surface area contributed by atoms with Gasteiger partial charge in [-0.15, -0.1) is 5.10 Å². The van der Waals surface area contributed by atoms with Gasteiger partial charge in [-0.3, -0.25) is 0 Å². The van der Waals surface area contributed by atoms with Gasteiger partial charge in [0, 0.05) is 5.39 Å². The molecule has 8 nitrogen and oxygen atoms in total. The summed E-state index contributed by atoms with van der Waals surface area (Å²) in [6, 6.07) is 10.7. The number of fused-ring (bicyclic) bond motifs is 1. The quantitative estimate of drug-likeness (QED) is 0.545. The lowest BCUT2D eigenvalue weighted by Gasteiger charge is -2.14. The normalized spacial score (nSPS) is 14.2. The number of nitrogens with zero attached hydrogens (tertiary/aromatic N) is 7. The van der Waals surface area contributed by atoms with E-state index in [0.29, 0.717) is 28.2 Å². The number of aryl methyl sites for hydroxylation is 1. The SMILES string of the molecule is Cc1nn(Cc2c(C#N)cccc2C2CC2)c2nc(C(F)(F)c3nnn[nH]3)ccc12. The Morgan fingerprint density at radius 1 is 1.27 bits per heavy atom. The van der Waals surface area contributed by atoms with Crippen molar-refractivity contribution in [2.75, 3.05) is 0 Å². The smallest absolute Gasteiger partial charge is 0.242 e. The average molecular weight is 406 g/mol. The van der Waals surface area contributed by atoms with Crippen LogP contribution in [0.4, 0.5) is 8.78 Å². The maximum atomic E-state index is 14.8. The van der Waals surface area contributed by atoms with Crippen LogP contribution < -0.4 is 0 Å². The second-order valence-corrected chi connectivity index (χ2v) is 7.39. The summed E-state index contributed by atoms with van der Waals surface area (Å²) in [5.41, 5.74) is 3.07. The third kappa shape index (κ3) is 2.90. The fourth-order valence-corrected chi connectivity index (χ4v) is 3.72. The first kappa shape index (κ1) is 18.3. The molecular formula is C20H16F2N8. The molecular weight excluding hydrogens is 390 g/mol. The minimum Gasteiger partial charge on any atom is -0.242 e. The number of nitriles is 1. The number of alkyl halides is 2. The molecule has 4 aromatic rings. The maximum Gasteiger partial charge on any atom is 0.349 e. The lowest BCUT2D eigenvalue weighted by molar-refractivity contribution is 0.0284. The molecule has 1 N–H and O–H groups in total. The maximum absolute atomic E-state index is 14.8. The first-order chi connectivity index (χ1) is 14.5. The predicted molar refractivity (Wildman–Crippen MR) is 102 cm³/mol. The zero-order chi connectivity index (χ0) is 20.9. The minimum absolute atomic E-state index is 0.284. The van der Waals surface area contributed by atoms with Crippen LogP contribution in [-0.2, 0) is 12.5 Å². The van der Waals surface area contributed by atoms with Crippen molar-refractivity contribution >= 4 is 11.0 Å². The lowest BCUT2D eigenvalue weighted by Crippen LogP contribution is -2.19. The summed E-state index contributed by atoms with van der Waals surface area (Å²) in [6.45, 7) is 2.09. The molecule has 0 saturated heterocycles. The van der Waals surface area contributed by atoms with Gasteiger partial charge in [0.2, 0.25) is 5.82 Å². The first-order valence-corrected chi connectivity index (χ1v) is 9.47. The molecule has 0 spiro atoms. The number of halogens is 2.